The first-order valence-electron chi connectivity index (χ1n) is 6.84. The zero-order valence-electron chi connectivity index (χ0n) is 11.4. The normalized spacial score (nSPS) is 17.8. The van der Waals surface area contributed by atoms with Crippen molar-refractivity contribution < 1.29 is 4.74 Å². The van der Waals surface area contributed by atoms with Crippen molar-refractivity contribution in [2.45, 2.75) is 25.8 Å². The van der Waals surface area contributed by atoms with Crippen LogP contribution >= 0.6 is 15.9 Å². The quantitative estimate of drug-likeness (QED) is 0.823. The zero-order valence-corrected chi connectivity index (χ0v) is 13.0. The molecule has 0 aliphatic carbocycles. The fraction of sp³-hybridized carbons (Fsp3) is 0.312. The van der Waals surface area contributed by atoms with Gasteiger partial charge in [0.2, 0.25) is 0 Å². The molecule has 104 valence electrons. The molecule has 0 saturated carbocycles. The summed E-state index contributed by atoms with van der Waals surface area (Å²) in [7, 11) is 0. The molecule has 0 bridgehead atoms. The van der Waals surface area contributed by atoms with Gasteiger partial charge in [0, 0.05) is 5.56 Å². The second kappa shape index (κ2) is 5.83. The van der Waals surface area contributed by atoms with Crippen LogP contribution in [0.5, 0.6) is 5.75 Å². The average molecular weight is 333 g/mol. The molecule has 1 N–H and O–H groups in total. The van der Waals surface area contributed by atoms with Crippen molar-refractivity contribution >= 4 is 21.6 Å². The van der Waals surface area contributed by atoms with Crippen LogP contribution in [0.1, 0.15) is 30.0 Å². The maximum atomic E-state index is 5.90. The van der Waals surface area contributed by atoms with Gasteiger partial charge in [0.25, 0.3) is 0 Å². The van der Waals surface area contributed by atoms with E-state index in [-0.39, 0.29) is 6.04 Å². The molecule has 1 aliphatic rings. The van der Waals surface area contributed by atoms with E-state index in [4.69, 9.17) is 4.74 Å². The summed E-state index contributed by atoms with van der Waals surface area (Å²) in [6.07, 6.45) is 3.97. The van der Waals surface area contributed by atoms with E-state index in [0.717, 1.165) is 35.5 Å². The van der Waals surface area contributed by atoms with Crippen LogP contribution in [0.4, 0.5) is 5.69 Å². The molecule has 1 unspecified atom stereocenters. The predicted octanol–water partition coefficient (Wildman–Crippen LogP) is 4.48. The van der Waals surface area contributed by atoms with Crippen LogP contribution in [0.2, 0.25) is 0 Å². The van der Waals surface area contributed by atoms with Gasteiger partial charge in [-0.1, -0.05) is 18.2 Å². The Hall–Kier alpha value is -1.55. The summed E-state index contributed by atoms with van der Waals surface area (Å²) in [6, 6.07) is 10.6. The van der Waals surface area contributed by atoms with Crippen molar-refractivity contribution in [1.29, 1.82) is 0 Å². The van der Waals surface area contributed by atoms with Crippen molar-refractivity contribution in [3.8, 4) is 5.75 Å². The number of anilines is 1. The molecule has 3 rings (SSSR count). The van der Waals surface area contributed by atoms with Gasteiger partial charge in [0.1, 0.15) is 10.4 Å². The lowest BCUT2D eigenvalue weighted by Gasteiger charge is -2.20. The molecule has 1 atom stereocenters. The second-order valence-electron chi connectivity index (χ2n) is 5.05. The van der Waals surface area contributed by atoms with Crippen LogP contribution in [-0.2, 0) is 0 Å². The number of benzene rings is 1. The molecular formula is C16H17BrN2O. The van der Waals surface area contributed by atoms with Crippen molar-refractivity contribution in [1.82, 2.24) is 4.98 Å². The Morgan fingerprint density at radius 1 is 1.30 bits per heavy atom. The summed E-state index contributed by atoms with van der Waals surface area (Å²) < 4.78 is 6.75. The van der Waals surface area contributed by atoms with E-state index >= 15 is 0 Å². The number of halogens is 1. The summed E-state index contributed by atoms with van der Waals surface area (Å²) in [6.45, 7) is 2.89. The summed E-state index contributed by atoms with van der Waals surface area (Å²) >= 11 is 3.36. The zero-order chi connectivity index (χ0) is 13.9. The van der Waals surface area contributed by atoms with E-state index in [0.29, 0.717) is 0 Å². The van der Waals surface area contributed by atoms with Gasteiger partial charge in [-0.25, -0.2) is 4.98 Å². The highest BCUT2D eigenvalue weighted by atomic mass is 79.9. The van der Waals surface area contributed by atoms with Gasteiger partial charge >= 0.3 is 0 Å². The van der Waals surface area contributed by atoms with Gasteiger partial charge in [-0.2, -0.15) is 0 Å². The third-order valence-corrected chi connectivity index (χ3v) is 4.04. The van der Waals surface area contributed by atoms with E-state index in [9.17, 15) is 0 Å². The topological polar surface area (TPSA) is 34.1 Å². The SMILES string of the molecule is Cc1cccc2c1OCCCC2Nc1ccc(Br)nc1. The first kappa shape index (κ1) is 13.4. The summed E-state index contributed by atoms with van der Waals surface area (Å²) in [5.41, 5.74) is 3.48. The molecule has 4 heteroatoms. The van der Waals surface area contributed by atoms with Crippen molar-refractivity contribution in [2.75, 3.05) is 11.9 Å². The number of nitrogens with zero attached hydrogens (tertiary/aromatic N) is 1. The van der Waals surface area contributed by atoms with E-state index in [1.165, 1.54) is 11.1 Å². The number of pyridine rings is 1. The number of aromatic nitrogens is 1. The Labute approximate surface area is 127 Å². The molecule has 0 saturated heterocycles. The van der Waals surface area contributed by atoms with Crippen molar-refractivity contribution in [3.05, 3.63) is 52.3 Å². The number of aryl methyl sites for hydroxylation is 1. The van der Waals surface area contributed by atoms with Crippen LogP contribution in [0.3, 0.4) is 0 Å². The largest absolute Gasteiger partial charge is 0.493 e. The van der Waals surface area contributed by atoms with Crippen LogP contribution < -0.4 is 10.1 Å². The lowest BCUT2D eigenvalue weighted by Crippen LogP contribution is -2.10. The van der Waals surface area contributed by atoms with Gasteiger partial charge in [-0.15, -0.1) is 0 Å². The minimum Gasteiger partial charge on any atom is -0.493 e. The number of hydrogen-bond donors (Lipinski definition) is 1. The molecule has 0 spiro atoms. The van der Waals surface area contributed by atoms with E-state index in [1.54, 1.807) is 0 Å². The second-order valence-corrected chi connectivity index (χ2v) is 5.86. The Morgan fingerprint density at radius 3 is 3.00 bits per heavy atom. The Kier molecular flexibility index (Phi) is 3.92. The predicted molar refractivity (Wildman–Crippen MR) is 84.2 cm³/mol. The Morgan fingerprint density at radius 2 is 2.20 bits per heavy atom. The van der Waals surface area contributed by atoms with Crippen LogP contribution in [0.15, 0.2) is 41.1 Å². The third kappa shape index (κ3) is 2.80. The Balaban J connectivity index is 1.90. The first-order valence-corrected chi connectivity index (χ1v) is 7.64. The molecule has 2 aromatic rings. The van der Waals surface area contributed by atoms with Gasteiger partial charge < -0.3 is 10.1 Å². The molecule has 3 nitrogen and oxygen atoms in total. The number of rotatable bonds is 2. The molecule has 1 aliphatic heterocycles. The van der Waals surface area contributed by atoms with Gasteiger partial charge in [-0.05, 0) is 53.4 Å². The number of ether oxygens (including phenoxy) is 1. The molecule has 1 aromatic heterocycles. The van der Waals surface area contributed by atoms with Crippen molar-refractivity contribution in [3.63, 3.8) is 0 Å². The lowest BCUT2D eigenvalue weighted by atomic mass is 9.99. The molecule has 2 heterocycles. The van der Waals surface area contributed by atoms with E-state index in [2.05, 4.69) is 51.4 Å². The summed E-state index contributed by atoms with van der Waals surface area (Å²) in [5, 5.41) is 3.57. The molecular weight excluding hydrogens is 316 g/mol. The maximum Gasteiger partial charge on any atom is 0.127 e. The third-order valence-electron chi connectivity index (χ3n) is 3.57. The lowest BCUT2D eigenvalue weighted by molar-refractivity contribution is 0.314. The number of nitrogens with one attached hydrogen (secondary N) is 1. The van der Waals surface area contributed by atoms with Crippen LogP contribution in [-0.4, -0.2) is 11.6 Å². The van der Waals surface area contributed by atoms with Crippen LogP contribution in [0, 0.1) is 6.92 Å². The average Bonchev–Trinajstić information content (AvgIpc) is 2.65. The fourth-order valence-corrected chi connectivity index (χ4v) is 2.81. The van der Waals surface area contributed by atoms with E-state index in [1.807, 2.05) is 18.3 Å². The first-order chi connectivity index (χ1) is 9.74. The number of para-hydroxylation sites is 1. The Bertz CT molecular complexity index is 598. The van der Waals surface area contributed by atoms with E-state index < -0.39 is 0 Å². The number of hydrogen-bond acceptors (Lipinski definition) is 3. The van der Waals surface area contributed by atoms with Gasteiger partial charge in [-0.3, -0.25) is 0 Å². The van der Waals surface area contributed by atoms with Gasteiger partial charge in [0.05, 0.1) is 24.5 Å². The highest BCUT2D eigenvalue weighted by Gasteiger charge is 2.20. The maximum absolute atomic E-state index is 5.90. The monoisotopic (exact) mass is 332 g/mol. The molecule has 0 amide bonds. The summed E-state index contributed by atoms with van der Waals surface area (Å²) in [5.74, 6) is 1.03. The molecule has 20 heavy (non-hydrogen) atoms. The molecule has 1 aromatic carbocycles. The van der Waals surface area contributed by atoms with Crippen LogP contribution in [0.25, 0.3) is 0 Å². The van der Waals surface area contributed by atoms with Crippen molar-refractivity contribution in [2.24, 2.45) is 0 Å². The highest BCUT2D eigenvalue weighted by Crippen LogP contribution is 2.35. The fourth-order valence-electron chi connectivity index (χ4n) is 2.58. The highest BCUT2D eigenvalue weighted by molar-refractivity contribution is 9.10. The minimum absolute atomic E-state index is 0.273. The van der Waals surface area contributed by atoms with Gasteiger partial charge in [0.15, 0.2) is 0 Å². The standard InChI is InChI=1S/C16H17BrN2O/c1-11-4-2-5-13-14(6-3-9-20-16(11)13)19-12-7-8-15(17)18-10-12/h2,4-5,7-8,10,14,19H,3,6,9H2,1H3. The smallest absolute Gasteiger partial charge is 0.127 e. The molecule has 0 fully saturated rings. The number of fused-ring (bicyclic) bond motifs is 1. The molecule has 0 radical (unpaired) electrons. The summed E-state index contributed by atoms with van der Waals surface area (Å²) in [4.78, 5) is 4.26. The minimum atomic E-state index is 0.273.